The molecule has 6 nitrogen and oxygen atoms in total. The molecule has 0 aliphatic rings. The predicted molar refractivity (Wildman–Crippen MR) is 88.6 cm³/mol. The van der Waals surface area contributed by atoms with E-state index in [2.05, 4.69) is 10.1 Å². The van der Waals surface area contributed by atoms with Crippen molar-refractivity contribution >= 4 is 17.0 Å². The van der Waals surface area contributed by atoms with Crippen LogP contribution < -0.4 is 0 Å². The lowest BCUT2D eigenvalue weighted by Gasteiger charge is -2.05. The Balaban J connectivity index is 1.89. The topological polar surface area (TPSA) is 81.2 Å². The van der Waals surface area contributed by atoms with Gasteiger partial charge in [0, 0.05) is 18.8 Å². The number of hydrogen-bond donors (Lipinski definition) is 1. The van der Waals surface area contributed by atoms with Gasteiger partial charge in [-0.05, 0) is 29.3 Å². The van der Waals surface area contributed by atoms with E-state index in [-0.39, 0.29) is 5.69 Å². The van der Waals surface area contributed by atoms with Crippen molar-refractivity contribution in [3.8, 4) is 22.5 Å². The molecule has 0 unspecified atom stereocenters. The summed E-state index contributed by atoms with van der Waals surface area (Å²) in [5.74, 6) is -0.281. The fraction of sp³-hybridized carbons (Fsp3) is 0.0556. The number of carbonyl (C=O) groups is 1. The molecular weight excluding hydrogens is 306 g/mol. The highest BCUT2D eigenvalue weighted by molar-refractivity contribution is 6.06. The molecule has 1 N–H and O–H groups in total. The molecule has 0 amide bonds. The second-order valence-corrected chi connectivity index (χ2v) is 5.39. The molecule has 0 aliphatic carbocycles. The van der Waals surface area contributed by atoms with Gasteiger partial charge in [0.2, 0.25) is 0 Å². The number of benzene rings is 1. The number of fused-ring (bicyclic) bond motifs is 1. The third kappa shape index (κ3) is 2.16. The average Bonchev–Trinajstić information content (AvgIpc) is 3.23. The highest BCUT2D eigenvalue weighted by Gasteiger charge is 2.19. The number of hydrogen-bond acceptors (Lipinski definition) is 4. The van der Waals surface area contributed by atoms with Crippen LogP contribution in [0.2, 0.25) is 0 Å². The van der Waals surface area contributed by atoms with Crippen molar-refractivity contribution in [3.63, 3.8) is 0 Å². The van der Waals surface area contributed by atoms with Crippen LogP contribution in [0, 0.1) is 0 Å². The summed E-state index contributed by atoms with van der Waals surface area (Å²) in [6.45, 7) is 0. The monoisotopic (exact) mass is 319 g/mol. The lowest BCUT2D eigenvalue weighted by atomic mass is 10.0. The van der Waals surface area contributed by atoms with Crippen LogP contribution in [-0.2, 0) is 7.05 Å². The predicted octanol–water partition coefficient (Wildman–Crippen LogP) is 3.59. The number of aryl methyl sites for hydroxylation is 1. The molecule has 24 heavy (non-hydrogen) atoms. The molecule has 0 bridgehead atoms. The SMILES string of the molecule is Cn1nc(C(=O)O)c2c(-c3ccc(-c4ccco4)cc3)ccnc21. The van der Waals surface area contributed by atoms with E-state index in [0.717, 1.165) is 22.5 Å². The average molecular weight is 319 g/mol. The Labute approximate surface area is 137 Å². The summed E-state index contributed by atoms with van der Waals surface area (Å²) < 4.78 is 6.87. The molecule has 0 saturated carbocycles. The first-order valence-electron chi connectivity index (χ1n) is 7.34. The number of carboxylic acid groups (broad SMARTS) is 1. The summed E-state index contributed by atoms with van der Waals surface area (Å²) >= 11 is 0. The first kappa shape index (κ1) is 14.2. The molecule has 0 saturated heterocycles. The van der Waals surface area contributed by atoms with Crippen molar-refractivity contribution in [2.24, 2.45) is 7.05 Å². The van der Waals surface area contributed by atoms with Crippen molar-refractivity contribution in [2.45, 2.75) is 0 Å². The van der Waals surface area contributed by atoms with Gasteiger partial charge in [-0.3, -0.25) is 0 Å². The number of carboxylic acids is 1. The lowest BCUT2D eigenvalue weighted by molar-refractivity contribution is 0.0691. The molecule has 6 heteroatoms. The van der Waals surface area contributed by atoms with Crippen molar-refractivity contribution in [3.05, 3.63) is 60.6 Å². The zero-order chi connectivity index (χ0) is 16.7. The van der Waals surface area contributed by atoms with Crippen LogP contribution in [0.1, 0.15) is 10.5 Å². The van der Waals surface area contributed by atoms with Crippen LogP contribution >= 0.6 is 0 Å². The fourth-order valence-corrected chi connectivity index (χ4v) is 2.82. The van der Waals surface area contributed by atoms with Crippen LogP contribution in [0.5, 0.6) is 0 Å². The summed E-state index contributed by atoms with van der Waals surface area (Å²) in [5.41, 5.74) is 3.19. The Hall–Kier alpha value is -3.41. The Bertz CT molecular complexity index is 1030. The van der Waals surface area contributed by atoms with Gasteiger partial charge in [0.05, 0.1) is 11.6 Å². The van der Waals surface area contributed by atoms with Gasteiger partial charge >= 0.3 is 5.97 Å². The first-order chi connectivity index (χ1) is 11.6. The van der Waals surface area contributed by atoms with Crippen molar-refractivity contribution in [1.29, 1.82) is 0 Å². The van der Waals surface area contributed by atoms with Crippen molar-refractivity contribution < 1.29 is 14.3 Å². The molecule has 0 fully saturated rings. The molecule has 4 rings (SSSR count). The van der Waals surface area contributed by atoms with E-state index in [1.165, 1.54) is 4.68 Å². The largest absolute Gasteiger partial charge is 0.476 e. The zero-order valence-corrected chi connectivity index (χ0v) is 12.8. The van der Waals surface area contributed by atoms with Gasteiger partial charge in [0.15, 0.2) is 11.3 Å². The van der Waals surface area contributed by atoms with E-state index >= 15 is 0 Å². The number of nitrogens with zero attached hydrogens (tertiary/aromatic N) is 3. The fourth-order valence-electron chi connectivity index (χ4n) is 2.82. The quantitative estimate of drug-likeness (QED) is 0.624. The molecule has 0 spiro atoms. The van der Waals surface area contributed by atoms with Gasteiger partial charge < -0.3 is 9.52 Å². The van der Waals surface area contributed by atoms with E-state index in [9.17, 15) is 9.90 Å². The highest BCUT2D eigenvalue weighted by atomic mass is 16.4. The maximum Gasteiger partial charge on any atom is 0.357 e. The summed E-state index contributed by atoms with van der Waals surface area (Å²) in [6.07, 6.45) is 3.29. The van der Waals surface area contributed by atoms with Crippen LogP contribution in [-0.4, -0.2) is 25.8 Å². The molecule has 3 heterocycles. The number of pyridine rings is 1. The second-order valence-electron chi connectivity index (χ2n) is 5.39. The Morgan fingerprint density at radius 3 is 2.54 bits per heavy atom. The molecule has 1 aromatic carbocycles. The summed E-state index contributed by atoms with van der Waals surface area (Å²) in [5, 5.41) is 14.0. The number of aromatic nitrogens is 3. The molecule has 4 aromatic rings. The van der Waals surface area contributed by atoms with Gasteiger partial charge in [0.25, 0.3) is 0 Å². The minimum absolute atomic E-state index is 0.00529. The first-order valence-corrected chi connectivity index (χ1v) is 7.34. The van der Waals surface area contributed by atoms with E-state index < -0.39 is 5.97 Å². The molecular formula is C18H13N3O3. The minimum Gasteiger partial charge on any atom is -0.476 e. The summed E-state index contributed by atoms with van der Waals surface area (Å²) in [4.78, 5) is 15.8. The minimum atomic E-state index is -1.07. The second kappa shape index (κ2) is 5.34. The maximum atomic E-state index is 11.5. The Kier molecular flexibility index (Phi) is 3.16. The van der Waals surface area contributed by atoms with Crippen molar-refractivity contribution in [2.75, 3.05) is 0 Å². The summed E-state index contributed by atoms with van der Waals surface area (Å²) in [7, 11) is 1.69. The Morgan fingerprint density at radius 2 is 1.88 bits per heavy atom. The van der Waals surface area contributed by atoms with Crippen molar-refractivity contribution in [1.82, 2.24) is 14.8 Å². The normalized spacial score (nSPS) is 11.0. The van der Waals surface area contributed by atoms with E-state index in [1.807, 2.05) is 36.4 Å². The molecule has 0 atom stereocenters. The smallest absolute Gasteiger partial charge is 0.357 e. The molecule has 3 aromatic heterocycles. The van der Waals surface area contributed by atoms with Gasteiger partial charge in [-0.1, -0.05) is 24.3 Å². The molecule has 0 radical (unpaired) electrons. The third-order valence-corrected chi connectivity index (χ3v) is 3.93. The van der Waals surface area contributed by atoms with Crippen LogP contribution in [0.3, 0.4) is 0 Å². The van der Waals surface area contributed by atoms with Gasteiger partial charge in [-0.25, -0.2) is 14.5 Å². The number of aromatic carboxylic acids is 1. The van der Waals surface area contributed by atoms with E-state index in [1.54, 1.807) is 25.6 Å². The highest BCUT2D eigenvalue weighted by Crippen LogP contribution is 2.31. The number of furan rings is 1. The van der Waals surface area contributed by atoms with Gasteiger partial charge in [0.1, 0.15) is 5.76 Å². The van der Waals surface area contributed by atoms with Gasteiger partial charge in [-0.15, -0.1) is 0 Å². The van der Waals surface area contributed by atoms with Crippen LogP contribution in [0.4, 0.5) is 0 Å². The Morgan fingerprint density at radius 1 is 1.12 bits per heavy atom. The van der Waals surface area contributed by atoms with E-state index in [0.29, 0.717) is 11.0 Å². The molecule has 118 valence electrons. The molecule has 0 aliphatic heterocycles. The van der Waals surface area contributed by atoms with Crippen LogP contribution in [0.25, 0.3) is 33.5 Å². The van der Waals surface area contributed by atoms with Crippen LogP contribution in [0.15, 0.2) is 59.3 Å². The maximum absolute atomic E-state index is 11.5. The summed E-state index contributed by atoms with van der Waals surface area (Å²) in [6, 6.07) is 13.3. The standard InChI is InChI=1S/C18H13N3O3/c1-21-17-15(16(20-21)18(22)23)13(8-9-19-17)11-4-6-12(7-5-11)14-3-2-10-24-14/h2-10H,1H3,(H,22,23). The lowest BCUT2D eigenvalue weighted by Crippen LogP contribution is -1.99. The zero-order valence-electron chi connectivity index (χ0n) is 12.8. The van der Waals surface area contributed by atoms with Gasteiger partial charge in [-0.2, -0.15) is 5.10 Å². The van der Waals surface area contributed by atoms with E-state index in [4.69, 9.17) is 4.42 Å². The number of rotatable bonds is 3. The third-order valence-electron chi connectivity index (χ3n) is 3.93.